The van der Waals surface area contributed by atoms with Crippen molar-refractivity contribution in [3.63, 3.8) is 0 Å². The van der Waals surface area contributed by atoms with Gasteiger partial charge in [-0.25, -0.2) is 4.98 Å². The van der Waals surface area contributed by atoms with E-state index in [1.165, 1.54) is 0 Å². The molecule has 0 unspecified atom stereocenters. The average molecular weight is 456 g/mol. The minimum absolute atomic E-state index is 0.0518. The van der Waals surface area contributed by atoms with Crippen LogP contribution in [-0.2, 0) is 17.8 Å². The molecule has 0 fully saturated rings. The lowest BCUT2D eigenvalue weighted by Gasteiger charge is -2.27. The van der Waals surface area contributed by atoms with E-state index in [0.29, 0.717) is 25.1 Å². The van der Waals surface area contributed by atoms with Crippen molar-refractivity contribution < 1.29 is 19.1 Å². The number of imidazole rings is 1. The maximum absolute atomic E-state index is 13.6. The Morgan fingerprint density at radius 3 is 2.62 bits per heavy atom. The summed E-state index contributed by atoms with van der Waals surface area (Å²) < 4.78 is 7.71. The normalized spacial score (nSPS) is 16.1. The number of hydrogen-bond donors (Lipinski definition) is 1. The Hall–Kier alpha value is -4.13. The number of aryl methyl sites for hydroxylation is 2. The van der Waals surface area contributed by atoms with Gasteiger partial charge < -0.3 is 19.0 Å². The van der Waals surface area contributed by atoms with Gasteiger partial charge in [0.05, 0.1) is 17.9 Å². The van der Waals surface area contributed by atoms with E-state index in [9.17, 15) is 14.7 Å². The first-order valence-electron chi connectivity index (χ1n) is 11.4. The van der Waals surface area contributed by atoms with E-state index in [1.54, 1.807) is 29.6 Å². The Balaban J connectivity index is 1.50. The number of nitrogens with zero attached hydrogens (tertiary/aromatic N) is 3. The van der Waals surface area contributed by atoms with Crippen molar-refractivity contribution in [1.82, 2.24) is 14.5 Å². The van der Waals surface area contributed by atoms with E-state index < -0.39 is 23.5 Å². The van der Waals surface area contributed by atoms with Gasteiger partial charge in [0.15, 0.2) is 11.5 Å². The molecule has 4 aromatic rings. The first-order chi connectivity index (χ1) is 16.6. The predicted molar refractivity (Wildman–Crippen MR) is 127 cm³/mol. The second kappa shape index (κ2) is 9.02. The molecule has 5 rings (SSSR count). The van der Waals surface area contributed by atoms with Gasteiger partial charge in [0, 0.05) is 30.9 Å². The Bertz CT molecular complexity index is 1330. The zero-order valence-corrected chi connectivity index (χ0v) is 18.8. The summed E-state index contributed by atoms with van der Waals surface area (Å²) in [7, 11) is 0. The van der Waals surface area contributed by atoms with Crippen LogP contribution in [0.15, 0.2) is 89.1 Å². The third kappa shape index (κ3) is 3.90. The number of aliphatic hydroxyl groups excluding tert-OH is 1. The maximum atomic E-state index is 13.6. The highest BCUT2D eigenvalue weighted by atomic mass is 16.3. The minimum Gasteiger partial charge on any atom is -0.503 e. The third-order valence-electron chi connectivity index (χ3n) is 6.28. The zero-order chi connectivity index (χ0) is 23.7. The lowest BCUT2D eigenvalue weighted by atomic mass is 9.94. The fourth-order valence-corrected chi connectivity index (χ4v) is 4.47. The molecule has 1 aliphatic rings. The molecule has 7 nitrogen and oxygen atoms in total. The van der Waals surface area contributed by atoms with Gasteiger partial charge in [-0.05, 0) is 36.1 Å². The standard InChI is InChI=1S/C27H25N3O4/c1-2-18-8-10-19(11-9-18)24-23(25(31)22-16-20-6-3-4-7-21(20)34-22)26(32)27(33)30(24)14-5-13-29-15-12-28-17-29/h3-4,6-12,15-17,24,32H,2,5,13-14H2,1H3/t24-/m1/s1. The lowest BCUT2D eigenvalue weighted by Crippen LogP contribution is -2.32. The van der Waals surface area contributed by atoms with Crippen molar-refractivity contribution in [3.8, 4) is 0 Å². The van der Waals surface area contributed by atoms with Crippen LogP contribution in [0.3, 0.4) is 0 Å². The summed E-state index contributed by atoms with van der Waals surface area (Å²) in [6, 6.07) is 16.1. The van der Waals surface area contributed by atoms with Gasteiger partial charge >= 0.3 is 0 Å². The summed E-state index contributed by atoms with van der Waals surface area (Å²) in [6.07, 6.45) is 6.81. The molecule has 0 spiro atoms. The van der Waals surface area contributed by atoms with Crippen molar-refractivity contribution in [1.29, 1.82) is 0 Å². The number of para-hydroxylation sites is 1. The highest BCUT2D eigenvalue weighted by Crippen LogP contribution is 2.39. The summed E-state index contributed by atoms with van der Waals surface area (Å²) in [4.78, 5) is 32.3. The van der Waals surface area contributed by atoms with Crippen LogP contribution in [0.2, 0.25) is 0 Å². The Labute approximate surface area is 196 Å². The quantitative estimate of drug-likeness (QED) is 0.383. The molecule has 0 aliphatic carbocycles. The Kier molecular flexibility index (Phi) is 5.76. The van der Waals surface area contributed by atoms with E-state index >= 15 is 0 Å². The monoisotopic (exact) mass is 455 g/mol. The maximum Gasteiger partial charge on any atom is 0.290 e. The molecule has 0 radical (unpaired) electrons. The molecule has 2 aromatic heterocycles. The number of carbonyl (C=O) groups excluding carboxylic acids is 2. The highest BCUT2D eigenvalue weighted by Gasteiger charge is 2.44. The SMILES string of the molecule is CCc1ccc([C@@H]2C(C(=O)c3cc4ccccc4o3)=C(O)C(=O)N2CCCn2ccnc2)cc1. The van der Waals surface area contributed by atoms with Crippen LogP contribution in [-0.4, -0.2) is 37.8 Å². The van der Waals surface area contributed by atoms with E-state index in [4.69, 9.17) is 4.42 Å². The summed E-state index contributed by atoms with van der Waals surface area (Å²) in [5.41, 5.74) is 2.56. The number of fused-ring (bicyclic) bond motifs is 1. The van der Waals surface area contributed by atoms with Gasteiger partial charge in [0.25, 0.3) is 5.91 Å². The van der Waals surface area contributed by atoms with Crippen molar-refractivity contribution in [2.24, 2.45) is 0 Å². The summed E-state index contributed by atoms with van der Waals surface area (Å²) in [6.45, 7) is 3.11. The van der Waals surface area contributed by atoms with Crippen LogP contribution >= 0.6 is 0 Å². The first-order valence-corrected chi connectivity index (χ1v) is 11.4. The number of aliphatic hydroxyl groups is 1. The molecule has 172 valence electrons. The summed E-state index contributed by atoms with van der Waals surface area (Å²) in [5.74, 6) is -1.44. The van der Waals surface area contributed by atoms with E-state index in [2.05, 4.69) is 11.9 Å². The molecule has 1 N–H and O–H groups in total. The number of furan rings is 1. The van der Waals surface area contributed by atoms with Crippen LogP contribution in [0.5, 0.6) is 0 Å². The lowest BCUT2D eigenvalue weighted by molar-refractivity contribution is -0.129. The molecule has 3 heterocycles. The van der Waals surface area contributed by atoms with Crippen molar-refractivity contribution in [2.45, 2.75) is 32.4 Å². The largest absolute Gasteiger partial charge is 0.503 e. The van der Waals surface area contributed by atoms with E-state index in [0.717, 1.165) is 22.9 Å². The molecule has 7 heteroatoms. The molecule has 34 heavy (non-hydrogen) atoms. The average Bonchev–Trinajstić information content (AvgIpc) is 3.59. The third-order valence-corrected chi connectivity index (χ3v) is 6.28. The highest BCUT2D eigenvalue weighted by molar-refractivity contribution is 6.16. The number of rotatable bonds is 8. The fraction of sp³-hybridized carbons (Fsp3) is 0.222. The first kappa shape index (κ1) is 21.7. The fourth-order valence-electron chi connectivity index (χ4n) is 4.47. The molecular formula is C27H25N3O4. The van der Waals surface area contributed by atoms with E-state index in [-0.39, 0.29) is 11.3 Å². The van der Waals surface area contributed by atoms with Crippen LogP contribution in [0.1, 0.15) is 41.1 Å². The number of benzene rings is 2. The molecule has 1 aliphatic heterocycles. The zero-order valence-electron chi connectivity index (χ0n) is 18.8. The molecule has 1 amide bonds. The number of ketones is 1. The molecule has 2 aromatic carbocycles. The van der Waals surface area contributed by atoms with Gasteiger partial charge in [0.2, 0.25) is 5.78 Å². The van der Waals surface area contributed by atoms with Gasteiger partial charge in [-0.1, -0.05) is 49.4 Å². The summed E-state index contributed by atoms with van der Waals surface area (Å²) >= 11 is 0. The topological polar surface area (TPSA) is 88.6 Å². The molecular weight excluding hydrogens is 430 g/mol. The van der Waals surface area contributed by atoms with Crippen LogP contribution in [0.4, 0.5) is 0 Å². The second-order valence-electron chi connectivity index (χ2n) is 8.39. The van der Waals surface area contributed by atoms with Crippen molar-refractivity contribution in [2.75, 3.05) is 6.54 Å². The van der Waals surface area contributed by atoms with E-state index in [1.807, 2.05) is 53.2 Å². The van der Waals surface area contributed by atoms with Gasteiger partial charge in [-0.3, -0.25) is 9.59 Å². The molecule has 0 saturated heterocycles. The number of hydrogen-bond acceptors (Lipinski definition) is 5. The molecule has 1 atom stereocenters. The van der Waals surface area contributed by atoms with Crippen molar-refractivity contribution in [3.05, 3.63) is 102 Å². The number of aromatic nitrogens is 2. The van der Waals surface area contributed by atoms with Gasteiger partial charge in [-0.15, -0.1) is 0 Å². The smallest absolute Gasteiger partial charge is 0.290 e. The van der Waals surface area contributed by atoms with Gasteiger partial charge in [-0.2, -0.15) is 0 Å². The Morgan fingerprint density at radius 2 is 1.91 bits per heavy atom. The Morgan fingerprint density at radius 1 is 1.12 bits per heavy atom. The van der Waals surface area contributed by atoms with Crippen LogP contribution in [0.25, 0.3) is 11.0 Å². The number of carbonyl (C=O) groups is 2. The molecule has 0 saturated carbocycles. The molecule has 0 bridgehead atoms. The summed E-state index contributed by atoms with van der Waals surface area (Å²) in [5, 5.41) is 11.6. The van der Waals surface area contributed by atoms with Crippen molar-refractivity contribution >= 4 is 22.7 Å². The second-order valence-corrected chi connectivity index (χ2v) is 8.39. The number of amides is 1. The predicted octanol–water partition coefficient (Wildman–Crippen LogP) is 4.86. The van der Waals surface area contributed by atoms with Crippen LogP contribution in [0, 0.1) is 0 Å². The number of Topliss-reactive ketones (excluding diaryl/α,β-unsaturated/α-hetero) is 1. The van der Waals surface area contributed by atoms with Crippen LogP contribution < -0.4 is 0 Å². The van der Waals surface area contributed by atoms with Gasteiger partial charge in [0.1, 0.15) is 5.58 Å². The minimum atomic E-state index is -0.693.